The van der Waals surface area contributed by atoms with Gasteiger partial charge < -0.3 is 5.32 Å². The summed E-state index contributed by atoms with van der Waals surface area (Å²) in [6.45, 7) is 2.14. The Hall–Kier alpha value is -0.880. The largest absolute Gasteiger partial charge is 0.351 e. The smallest absolute Gasteiger partial charge is 0.266 e. The van der Waals surface area contributed by atoms with Gasteiger partial charge in [-0.25, -0.2) is 0 Å². The molecule has 0 unspecified atom stereocenters. The zero-order chi connectivity index (χ0) is 16.0. The fraction of sp³-hybridized carbons (Fsp3) is 0.800. The Bertz CT molecular complexity index is 390. The Balaban J connectivity index is 3.40. The van der Waals surface area contributed by atoms with Gasteiger partial charge in [0.05, 0.1) is 5.75 Å². The third-order valence-electron chi connectivity index (χ3n) is 3.15. The molecule has 0 aliphatic rings. The first-order valence-corrected chi connectivity index (χ1v) is 9.46. The van der Waals surface area contributed by atoms with Gasteiger partial charge >= 0.3 is 0 Å². The van der Waals surface area contributed by atoms with Gasteiger partial charge in [0.2, 0.25) is 5.91 Å². The van der Waals surface area contributed by atoms with Crippen LogP contribution in [0.5, 0.6) is 0 Å². The first-order chi connectivity index (χ1) is 9.95. The van der Waals surface area contributed by atoms with E-state index in [4.69, 9.17) is 4.55 Å². The highest BCUT2D eigenvalue weighted by Gasteiger charge is 2.04. The van der Waals surface area contributed by atoms with E-state index in [0.29, 0.717) is 0 Å². The standard InChI is InChI=1S/C15H29NO4S/c1-2-3-4-5-6-7-8-9-10-11-12-15(17)16-13-14-21(18,19)20/h11-12H,2-10,13-14H2,1H3,(H,16,17)(H,18,19,20)/b12-11+. The summed E-state index contributed by atoms with van der Waals surface area (Å²) in [4.78, 5) is 11.3. The van der Waals surface area contributed by atoms with Crippen LogP contribution in [-0.4, -0.2) is 31.2 Å². The lowest BCUT2D eigenvalue weighted by molar-refractivity contribution is -0.116. The third-order valence-corrected chi connectivity index (χ3v) is 3.87. The minimum Gasteiger partial charge on any atom is -0.351 e. The third kappa shape index (κ3) is 17.1. The Labute approximate surface area is 128 Å². The predicted molar refractivity (Wildman–Crippen MR) is 85.8 cm³/mol. The van der Waals surface area contributed by atoms with Gasteiger partial charge in [0.15, 0.2) is 0 Å². The quantitative estimate of drug-likeness (QED) is 0.310. The molecule has 5 nitrogen and oxygen atoms in total. The Morgan fingerprint density at radius 3 is 2.19 bits per heavy atom. The molecule has 0 atom stereocenters. The fourth-order valence-electron chi connectivity index (χ4n) is 1.95. The summed E-state index contributed by atoms with van der Waals surface area (Å²) in [7, 11) is -4.00. The van der Waals surface area contributed by atoms with E-state index < -0.39 is 15.9 Å². The topological polar surface area (TPSA) is 83.5 Å². The normalized spacial score (nSPS) is 11.9. The summed E-state index contributed by atoms with van der Waals surface area (Å²) in [6, 6.07) is 0. The van der Waals surface area contributed by atoms with E-state index >= 15 is 0 Å². The number of carbonyl (C=O) groups excluding carboxylic acids is 1. The SMILES string of the molecule is CCCCCCCCCC/C=C/C(=O)NCCS(=O)(=O)O. The van der Waals surface area contributed by atoms with E-state index in [1.54, 1.807) is 6.08 Å². The average molecular weight is 319 g/mol. The molecule has 0 aliphatic carbocycles. The van der Waals surface area contributed by atoms with Crippen LogP contribution < -0.4 is 5.32 Å². The molecule has 1 amide bonds. The highest BCUT2D eigenvalue weighted by atomic mass is 32.2. The number of nitrogens with one attached hydrogen (secondary N) is 1. The van der Waals surface area contributed by atoms with Crippen LogP contribution in [0.15, 0.2) is 12.2 Å². The molecule has 0 bridgehead atoms. The maximum absolute atomic E-state index is 11.3. The number of unbranched alkanes of at least 4 members (excludes halogenated alkanes) is 8. The van der Waals surface area contributed by atoms with Gasteiger partial charge in [0, 0.05) is 6.54 Å². The maximum Gasteiger partial charge on any atom is 0.266 e. The summed E-state index contributed by atoms with van der Waals surface area (Å²) in [5.74, 6) is -0.775. The highest BCUT2D eigenvalue weighted by molar-refractivity contribution is 7.85. The molecular weight excluding hydrogens is 290 g/mol. The molecule has 0 radical (unpaired) electrons. The van der Waals surface area contributed by atoms with Crippen molar-refractivity contribution in [3.63, 3.8) is 0 Å². The Morgan fingerprint density at radius 1 is 1.05 bits per heavy atom. The fourth-order valence-corrected chi connectivity index (χ4v) is 2.31. The summed E-state index contributed by atoms with van der Waals surface area (Å²) < 4.78 is 29.4. The van der Waals surface area contributed by atoms with Crippen molar-refractivity contribution in [3.8, 4) is 0 Å². The second-order valence-corrected chi connectivity index (χ2v) is 6.82. The maximum atomic E-state index is 11.3. The zero-order valence-electron chi connectivity index (χ0n) is 13.0. The van der Waals surface area contributed by atoms with Crippen LogP contribution in [0.4, 0.5) is 0 Å². The second kappa shape index (κ2) is 12.8. The molecule has 6 heteroatoms. The second-order valence-electron chi connectivity index (χ2n) is 5.24. The Kier molecular flexibility index (Phi) is 12.3. The van der Waals surface area contributed by atoms with Gasteiger partial charge in [-0.15, -0.1) is 0 Å². The van der Waals surface area contributed by atoms with Crippen LogP contribution in [-0.2, 0) is 14.9 Å². The van der Waals surface area contributed by atoms with Gasteiger partial charge in [-0.1, -0.05) is 57.9 Å². The van der Waals surface area contributed by atoms with Crippen LogP contribution in [0, 0.1) is 0 Å². The molecule has 0 spiro atoms. The van der Waals surface area contributed by atoms with Crippen molar-refractivity contribution >= 4 is 16.0 Å². The van der Waals surface area contributed by atoms with Crippen LogP contribution in [0.2, 0.25) is 0 Å². The van der Waals surface area contributed by atoms with Gasteiger partial charge in [0.1, 0.15) is 0 Å². The van der Waals surface area contributed by atoms with E-state index in [2.05, 4.69) is 12.2 Å². The molecule has 0 fully saturated rings. The number of hydrogen-bond donors (Lipinski definition) is 2. The molecule has 2 N–H and O–H groups in total. The minimum atomic E-state index is -4.00. The molecule has 0 aromatic rings. The lowest BCUT2D eigenvalue weighted by Gasteiger charge is -2.00. The monoisotopic (exact) mass is 319 g/mol. The van der Waals surface area contributed by atoms with Crippen molar-refractivity contribution in [1.29, 1.82) is 0 Å². The van der Waals surface area contributed by atoms with Crippen LogP contribution >= 0.6 is 0 Å². The molecule has 0 aromatic heterocycles. The number of amides is 1. The van der Waals surface area contributed by atoms with Crippen LogP contribution in [0.3, 0.4) is 0 Å². The summed E-state index contributed by atoms with van der Waals surface area (Å²) in [5.41, 5.74) is 0. The molecule has 0 aromatic carbocycles. The molecule has 0 heterocycles. The first kappa shape index (κ1) is 20.1. The molecule has 0 aliphatic heterocycles. The van der Waals surface area contributed by atoms with E-state index in [-0.39, 0.29) is 12.5 Å². The molecule has 124 valence electrons. The van der Waals surface area contributed by atoms with Gasteiger partial charge in [0.25, 0.3) is 10.1 Å². The lowest BCUT2D eigenvalue weighted by atomic mass is 10.1. The zero-order valence-corrected chi connectivity index (χ0v) is 13.8. The van der Waals surface area contributed by atoms with Gasteiger partial charge in [-0.2, -0.15) is 8.42 Å². The molecule has 0 saturated carbocycles. The number of hydrogen-bond acceptors (Lipinski definition) is 3. The van der Waals surface area contributed by atoms with Gasteiger partial charge in [-0.05, 0) is 18.9 Å². The predicted octanol–water partition coefficient (Wildman–Crippen LogP) is 3.08. The molecule has 0 rings (SSSR count). The first-order valence-electron chi connectivity index (χ1n) is 7.85. The molecular formula is C15H29NO4S. The highest BCUT2D eigenvalue weighted by Crippen LogP contribution is 2.09. The lowest BCUT2D eigenvalue weighted by Crippen LogP contribution is -2.27. The number of carbonyl (C=O) groups is 1. The van der Waals surface area contributed by atoms with Crippen molar-refractivity contribution in [2.24, 2.45) is 0 Å². The van der Waals surface area contributed by atoms with Gasteiger partial charge in [-0.3, -0.25) is 9.35 Å². The summed E-state index contributed by atoms with van der Waals surface area (Å²) >= 11 is 0. The van der Waals surface area contributed by atoms with Crippen molar-refractivity contribution in [2.45, 2.75) is 64.7 Å². The van der Waals surface area contributed by atoms with Crippen molar-refractivity contribution in [1.82, 2.24) is 5.32 Å². The van der Waals surface area contributed by atoms with Crippen LogP contribution in [0.25, 0.3) is 0 Å². The van der Waals surface area contributed by atoms with E-state index in [9.17, 15) is 13.2 Å². The average Bonchev–Trinajstić information content (AvgIpc) is 2.39. The number of rotatable bonds is 13. The number of allylic oxidation sites excluding steroid dienone is 1. The van der Waals surface area contributed by atoms with Crippen molar-refractivity contribution < 1.29 is 17.8 Å². The summed E-state index contributed by atoms with van der Waals surface area (Å²) in [6.07, 6.45) is 14.1. The van der Waals surface area contributed by atoms with Crippen molar-refractivity contribution in [2.75, 3.05) is 12.3 Å². The van der Waals surface area contributed by atoms with Crippen molar-refractivity contribution in [3.05, 3.63) is 12.2 Å². The Morgan fingerprint density at radius 2 is 1.62 bits per heavy atom. The van der Waals surface area contributed by atoms with E-state index in [1.165, 1.54) is 51.0 Å². The minimum absolute atomic E-state index is 0.0697. The molecule has 0 saturated heterocycles. The van der Waals surface area contributed by atoms with E-state index in [0.717, 1.165) is 12.8 Å². The van der Waals surface area contributed by atoms with E-state index in [1.807, 2.05) is 0 Å². The molecule has 21 heavy (non-hydrogen) atoms. The van der Waals surface area contributed by atoms with Crippen LogP contribution in [0.1, 0.15) is 64.7 Å². The summed E-state index contributed by atoms with van der Waals surface area (Å²) in [5, 5.41) is 2.41.